The average molecular weight is 194 g/mol. The fourth-order valence-corrected chi connectivity index (χ4v) is 6.25. The Bertz CT molecular complexity index is 183. The van der Waals surface area contributed by atoms with Crippen molar-refractivity contribution in [2.75, 3.05) is 12.0 Å². The van der Waals surface area contributed by atoms with Crippen molar-refractivity contribution in [2.45, 2.75) is 19.6 Å². The van der Waals surface area contributed by atoms with Gasteiger partial charge in [-0.15, -0.1) is 6.58 Å². The van der Waals surface area contributed by atoms with Crippen LogP contribution < -0.4 is 0 Å². The third kappa shape index (κ3) is 6.46. The number of hydrogen-bond acceptors (Lipinski definition) is 2. The third-order valence-corrected chi connectivity index (χ3v) is 5.58. The lowest BCUT2D eigenvalue weighted by molar-refractivity contribution is 0.550. The van der Waals surface area contributed by atoms with E-state index in [2.05, 4.69) is 6.58 Å². The zero-order valence-electron chi connectivity index (χ0n) is 7.76. The summed E-state index contributed by atoms with van der Waals surface area (Å²) in [5, 5.41) is 0. The number of hydrogen-bond donors (Lipinski definition) is 1. The molecule has 0 N–H and O–H groups in total. The smallest absolute Gasteiger partial charge is 0.214 e. The van der Waals surface area contributed by atoms with Crippen LogP contribution in [0, 0.1) is 0 Å². The molecule has 0 spiro atoms. The van der Waals surface area contributed by atoms with Crippen molar-refractivity contribution < 1.29 is 8.08 Å². The van der Waals surface area contributed by atoms with Crippen LogP contribution in [0.25, 0.3) is 0 Å². The maximum absolute atomic E-state index is 11.6. The van der Waals surface area contributed by atoms with E-state index >= 15 is 0 Å². The molecule has 0 aromatic heterocycles. The van der Waals surface area contributed by atoms with Gasteiger partial charge in [-0.1, -0.05) is 6.08 Å². The van der Waals surface area contributed by atoms with Gasteiger partial charge in [0.15, 0.2) is 0 Å². The van der Waals surface area contributed by atoms with Gasteiger partial charge < -0.3 is 3.87 Å². The van der Waals surface area contributed by atoms with Gasteiger partial charge in [0.25, 0.3) is 0 Å². The van der Waals surface area contributed by atoms with Gasteiger partial charge in [0.2, 0.25) is 8.32 Å². The van der Waals surface area contributed by atoms with E-state index in [4.69, 9.17) is 3.87 Å². The first-order valence-corrected chi connectivity index (χ1v) is 9.31. The Hall–Kier alpha value is 0.0669. The molecular formula is C7H18O2SSi. The SMILES string of the molecule is C=CC[SH](C)(=O)O[Si](C)(C)C. The summed E-state index contributed by atoms with van der Waals surface area (Å²) in [5.74, 6) is 0.483. The van der Waals surface area contributed by atoms with Gasteiger partial charge in [0, 0.05) is 12.0 Å². The highest BCUT2D eigenvalue weighted by Crippen LogP contribution is 2.12. The molecule has 0 aliphatic rings. The van der Waals surface area contributed by atoms with Gasteiger partial charge >= 0.3 is 0 Å². The van der Waals surface area contributed by atoms with Crippen LogP contribution in [0.4, 0.5) is 0 Å². The predicted molar refractivity (Wildman–Crippen MR) is 55.0 cm³/mol. The monoisotopic (exact) mass is 194 g/mol. The number of thiol groups is 1. The quantitative estimate of drug-likeness (QED) is 0.418. The second-order valence-electron chi connectivity index (χ2n) is 3.69. The molecule has 0 heterocycles. The molecule has 0 saturated heterocycles. The molecule has 0 bridgehead atoms. The lowest BCUT2D eigenvalue weighted by Gasteiger charge is -2.30. The van der Waals surface area contributed by atoms with E-state index in [1.807, 2.05) is 19.6 Å². The highest BCUT2D eigenvalue weighted by Gasteiger charge is 2.19. The van der Waals surface area contributed by atoms with Crippen LogP contribution in [0.15, 0.2) is 12.7 Å². The van der Waals surface area contributed by atoms with E-state index in [0.29, 0.717) is 5.75 Å². The Balaban J connectivity index is 4.13. The van der Waals surface area contributed by atoms with Crippen molar-refractivity contribution in [2.24, 2.45) is 0 Å². The number of rotatable bonds is 4. The molecule has 0 aromatic rings. The molecule has 68 valence electrons. The fraction of sp³-hybridized carbons (Fsp3) is 0.714. The van der Waals surface area contributed by atoms with E-state index in [-0.39, 0.29) is 0 Å². The van der Waals surface area contributed by atoms with E-state index < -0.39 is 18.5 Å². The summed E-state index contributed by atoms with van der Waals surface area (Å²) >= 11 is 0. The Labute approximate surface area is 71.4 Å². The van der Waals surface area contributed by atoms with Gasteiger partial charge in [0.05, 0.1) is 0 Å². The zero-order chi connectivity index (χ0) is 9.12. The maximum atomic E-state index is 11.6. The first kappa shape index (κ1) is 11.1. The van der Waals surface area contributed by atoms with Crippen LogP contribution >= 0.6 is 0 Å². The molecule has 0 amide bonds. The first-order chi connectivity index (χ1) is 4.77. The van der Waals surface area contributed by atoms with Crippen molar-refractivity contribution in [1.82, 2.24) is 0 Å². The lowest BCUT2D eigenvalue weighted by Crippen LogP contribution is -2.33. The average Bonchev–Trinajstić information content (AvgIpc) is 1.55. The summed E-state index contributed by atoms with van der Waals surface area (Å²) < 4.78 is 17.1. The van der Waals surface area contributed by atoms with Gasteiger partial charge in [-0.3, -0.25) is 0 Å². The summed E-state index contributed by atoms with van der Waals surface area (Å²) in [6.07, 6.45) is 3.33. The van der Waals surface area contributed by atoms with Crippen LogP contribution in [-0.2, 0) is 14.1 Å². The second kappa shape index (κ2) is 3.65. The van der Waals surface area contributed by atoms with E-state index in [0.717, 1.165) is 0 Å². The molecule has 0 saturated carbocycles. The van der Waals surface area contributed by atoms with Gasteiger partial charge in [-0.2, -0.15) is 0 Å². The molecular weight excluding hydrogens is 176 g/mol. The van der Waals surface area contributed by atoms with Crippen molar-refractivity contribution in [1.29, 1.82) is 0 Å². The first-order valence-electron chi connectivity index (χ1n) is 3.65. The van der Waals surface area contributed by atoms with Crippen LogP contribution in [-0.4, -0.2) is 24.5 Å². The molecule has 0 radical (unpaired) electrons. The summed E-state index contributed by atoms with van der Waals surface area (Å²) in [6, 6.07) is 0. The zero-order valence-corrected chi connectivity index (χ0v) is 9.65. The van der Waals surface area contributed by atoms with Crippen LogP contribution in [0.1, 0.15) is 0 Å². The van der Waals surface area contributed by atoms with Crippen molar-refractivity contribution in [3.05, 3.63) is 12.7 Å². The van der Waals surface area contributed by atoms with E-state index in [1.54, 1.807) is 12.3 Å². The second-order valence-corrected chi connectivity index (χ2v) is 11.0. The van der Waals surface area contributed by atoms with E-state index in [1.165, 1.54) is 0 Å². The van der Waals surface area contributed by atoms with Crippen molar-refractivity contribution in [3.63, 3.8) is 0 Å². The molecule has 0 aromatic carbocycles. The molecule has 11 heavy (non-hydrogen) atoms. The summed E-state index contributed by atoms with van der Waals surface area (Å²) in [5.41, 5.74) is 0. The third-order valence-electron chi connectivity index (χ3n) is 0.928. The minimum absolute atomic E-state index is 0.483. The predicted octanol–water partition coefficient (Wildman–Crippen LogP) is 1.59. The standard InChI is InChI=1S/C7H18O2SSi/c1-6-7-10(2,8)9-11(3,4)5/h6,10H,1,7H2,2-5H3. The largest absolute Gasteiger partial charge is 0.335 e. The Morgan fingerprint density at radius 1 is 1.55 bits per heavy atom. The molecule has 2 nitrogen and oxygen atoms in total. The van der Waals surface area contributed by atoms with Crippen LogP contribution in [0.5, 0.6) is 0 Å². The fourth-order valence-electron chi connectivity index (χ4n) is 0.851. The summed E-state index contributed by atoms with van der Waals surface area (Å²) in [4.78, 5) is 0. The molecule has 0 unspecified atom stereocenters. The van der Waals surface area contributed by atoms with Crippen molar-refractivity contribution >= 4 is 18.5 Å². The highest BCUT2D eigenvalue weighted by molar-refractivity contribution is 7.99. The molecule has 0 fully saturated rings. The van der Waals surface area contributed by atoms with Gasteiger partial charge in [0.1, 0.15) is 0 Å². The lowest BCUT2D eigenvalue weighted by atomic mass is 10.8. The molecule has 0 aliphatic carbocycles. The van der Waals surface area contributed by atoms with Crippen LogP contribution in [0.3, 0.4) is 0 Å². The van der Waals surface area contributed by atoms with Crippen molar-refractivity contribution in [3.8, 4) is 0 Å². The Kier molecular flexibility index (Phi) is 3.67. The minimum atomic E-state index is -2.37. The van der Waals surface area contributed by atoms with Gasteiger partial charge in [-0.05, 0) is 19.6 Å². The highest BCUT2D eigenvalue weighted by atomic mass is 32.3. The Morgan fingerprint density at radius 2 is 2.00 bits per heavy atom. The molecule has 0 atom stereocenters. The topological polar surface area (TPSA) is 26.3 Å². The minimum Gasteiger partial charge on any atom is -0.335 e. The van der Waals surface area contributed by atoms with Gasteiger partial charge in [-0.25, -0.2) is 14.4 Å². The van der Waals surface area contributed by atoms with Crippen LogP contribution in [0.2, 0.25) is 19.6 Å². The summed E-state index contributed by atoms with van der Waals surface area (Å²) in [7, 11) is -4.01. The molecule has 0 aliphatic heterocycles. The van der Waals surface area contributed by atoms with E-state index in [9.17, 15) is 4.21 Å². The molecule has 4 heteroatoms. The summed E-state index contributed by atoms with van der Waals surface area (Å²) in [6.45, 7) is 9.64. The Morgan fingerprint density at radius 3 is 2.27 bits per heavy atom. The molecule has 0 rings (SSSR count). The maximum Gasteiger partial charge on any atom is 0.214 e. The normalized spacial score (nSPS) is 14.5.